The molecule has 6 heteroatoms. The van der Waals surface area contributed by atoms with Gasteiger partial charge >= 0.3 is 0 Å². The van der Waals surface area contributed by atoms with E-state index >= 15 is 0 Å². The molecule has 0 radical (unpaired) electrons. The smallest absolute Gasteiger partial charge is 0.267 e. The van der Waals surface area contributed by atoms with Gasteiger partial charge < -0.3 is 13.8 Å². The summed E-state index contributed by atoms with van der Waals surface area (Å²) >= 11 is 5.99. The third-order valence-electron chi connectivity index (χ3n) is 4.26. The van der Waals surface area contributed by atoms with E-state index in [1.807, 2.05) is 79.3 Å². The molecule has 5 nitrogen and oxygen atoms in total. The first-order chi connectivity index (χ1) is 13.1. The Morgan fingerprint density at radius 2 is 1.81 bits per heavy atom. The number of hydrogen-bond acceptors (Lipinski definition) is 4. The van der Waals surface area contributed by atoms with Gasteiger partial charge in [-0.2, -0.15) is 4.98 Å². The van der Waals surface area contributed by atoms with Crippen molar-refractivity contribution in [3.05, 3.63) is 83.5 Å². The van der Waals surface area contributed by atoms with Gasteiger partial charge in [0.05, 0.1) is 0 Å². The zero-order chi connectivity index (χ0) is 18.8. The van der Waals surface area contributed by atoms with Gasteiger partial charge in [0.25, 0.3) is 5.89 Å². The summed E-state index contributed by atoms with van der Waals surface area (Å²) in [6.07, 6.45) is 3.63. The van der Waals surface area contributed by atoms with Crippen LogP contribution in [0.5, 0.6) is 5.75 Å². The second kappa shape index (κ2) is 7.29. The summed E-state index contributed by atoms with van der Waals surface area (Å²) in [7, 11) is 0. The number of halogens is 1. The summed E-state index contributed by atoms with van der Waals surface area (Å²) in [6.45, 7) is 3.82. The molecule has 0 saturated carbocycles. The van der Waals surface area contributed by atoms with Crippen LogP contribution in [-0.2, 0) is 0 Å². The minimum absolute atomic E-state index is 0.370. The van der Waals surface area contributed by atoms with Crippen molar-refractivity contribution < 1.29 is 9.26 Å². The lowest BCUT2D eigenvalue weighted by atomic mass is 10.2. The van der Waals surface area contributed by atoms with Crippen LogP contribution in [0.15, 0.2) is 71.5 Å². The third-order valence-corrected chi connectivity index (χ3v) is 4.49. The molecule has 1 atom stereocenters. The lowest BCUT2D eigenvalue weighted by Gasteiger charge is -2.13. The zero-order valence-electron chi connectivity index (χ0n) is 15.0. The number of ether oxygens (including phenoxy) is 1. The maximum atomic E-state index is 5.99. The minimum atomic E-state index is -0.370. The van der Waals surface area contributed by atoms with E-state index in [4.69, 9.17) is 20.9 Å². The lowest BCUT2D eigenvalue weighted by Crippen LogP contribution is -2.04. The molecule has 27 heavy (non-hydrogen) atoms. The predicted octanol–water partition coefficient (Wildman–Crippen LogP) is 5.63. The van der Waals surface area contributed by atoms with Crippen molar-refractivity contribution in [3.8, 4) is 22.8 Å². The first-order valence-corrected chi connectivity index (χ1v) is 8.98. The maximum absolute atomic E-state index is 5.99. The van der Waals surface area contributed by atoms with Crippen molar-refractivity contribution in [3.63, 3.8) is 0 Å². The SMILES string of the molecule is Cc1cc(Cl)ccc1O[C@@H](C)c1nc(-c2ccc(-n3cccc3)cc2)no1. The van der Waals surface area contributed by atoms with Gasteiger partial charge in [0.15, 0.2) is 6.10 Å². The largest absolute Gasteiger partial charge is 0.481 e. The number of aromatic nitrogens is 3. The highest BCUT2D eigenvalue weighted by Crippen LogP contribution is 2.27. The Morgan fingerprint density at radius 1 is 1.07 bits per heavy atom. The third kappa shape index (κ3) is 3.73. The Hall–Kier alpha value is -3.05. The molecule has 0 aliphatic carbocycles. The van der Waals surface area contributed by atoms with Gasteiger partial charge in [0.2, 0.25) is 5.82 Å². The van der Waals surface area contributed by atoms with Crippen molar-refractivity contribution in [1.82, 2.24) is 14.7 Å². The summed E-state index contributed by atoms with van der Waals surface area (Å²) in [4.78, 5) is 4.48. The Balaban J connectivity index is 1.51. The molecular weight excluding hydrogens is 362 g/mol. The van der Waals surface area contributed by atoms with Gasteiger partial charge in [-0.15, -0.1) is 0 Å². The van der Waals surface area contributed by atoms with E-state index in [0.717, 1.165) is 22.6 Å². The van der Waals surface area contributed by atoms with Gasteiger partial charge in [-0.25, -0.2) is 0 Å². The summed E-state index contributed by atoms with van der Waals surface area (Å²) in [5.41, 5.74) is 2.91. The van der Waals surface area contributed by atoms with Crippen LogP contribution in [0.4, 0.5) is 0 Å². The van der Waals surface area contributed by atoms with Crippen molar-refractivity contribution in [2.45, 2.75) is 20.0 Å². The van der Waals surface area contributed by atoms with Crippen molar-refractivity contribution in [2.24, 2.45) is 0 Å². The van der Waals surface area contributed by atoms with Gasteiger partial charge in [-0.05, 0) is 74.0 Å². The molecule has 2 aromatic heterocycles. The van der Waals surface area contributed by atoms with Gasteiger partial charge in [0, 0.05) is 28.7 Å². The molecule has 0 aliphatic heterocycles. The Labute approximate surface area is 162 Å². The highest BCUT2D eigenvalue weighted by Gasteiger charge is 2.18. The standard InChI is InChI=1S/C21H18ClN3O2/c1-14-13-17(22)7-10-19(14)26-15(2)21-23-20(24-27-21)16-5-8-18(9-6-16)25-11-3-4-12-25/h3-13,15H,1-2H3/t15-/m0/s1. The number of nitrogens with zero attached hydrogens (tertiary/aromatic N) is 3. The predicted molar refractivity (Wildman–Crippen MR) is 104 cm³/mol. The van der Waals surface area contributed by atoms with E-state index < -0.39 is 0 Å². The van der Waals surface area contributed by atoms with Gasteiger partial charge in [-0.3, -0.25) is 0 Å². The monoisotopic (exact) mass is 379 g/mol. The van der Waals surface area contributed by atoms with Crippen molar-refractivity contribution in [2.75, 3.05) is 0 Å². The number of hydrogen-bond donors (Lipinski definition) is 0. The van der Waals surface area contributed by atoms with Crippen LogP contribution in [0, 0.1) is 6.92 Å². The topological polar surface area (TPSA) is 53.1 Å². The highest BCUT2D eigenvalue weighted by molar-refractivity contribution is 6.30. The lowest BCUT2D eigenvalue weighted by molar-refractivity contribution is 0.175. The Morgan fingerprint density at radius 3 is 2.52 bits per heavy atom. The molecule has 0 amide bonds. The molecule has 2 heterocycles. The minimum Gasteiger partial charge on any atom is -0.481 e. The molecular formula is C21H18ClN3O2. The maximum Gasteiger partial charge on any atom is 0.267 e. The fourth-order valence-corrected chi connectivity index (χ4v) is 3.02. The molecule has 0 bridgehead atoms. The highest BCUT2D eigenvalue weighted by atomic mass is 35.5. The fraction of sp³-hybridized carbons (Fsp3) is 0.143. The van der Waals surface area contributed by atoms with Crippen LogP contribution < -0.4 is 4.74 Å². The molecule has 0 aliphatic rings. The molecule has 136 valence electrons. The molecule has 2 aromatic carbocycles. The zero-order valence-corrected chi connectivity index (χ0v) is 15.7. The molecule has 0 unspecified atom stereocenters. The second-order valence-corrected chi connectivity index (χ2v) is 6.70. The molecule has 4 rings (SSSR count). The van der Waals surface area contributed by atoms with Crippen molar-refractivity contribution >= 4 is 11.6 Å². The molecule has 0 N–H and O–H groups in total. The fourth-order valence-electron chi connectivity index (χ4n) is 2.79. The Kier molecular flexibility index (Phi) is 4.69. The van der Waals surface area contributed by atoms with E-state index in [1.165, 1.54) is 0 Å². The van der Waals surface area contributed by atoms with Crippen LogP contribution in [0.3, 0.4) is 0 Å². The van der Waals surface area contributed by atoms with E-state index in [2.05, 4.69) is 10.1 Å². The van der Waals surface area contributed by atoms with Gasteiger partial charge in [0.1, 0.15) is 5.75 Å². The molecule has 0 spiro atoms. The summed E-state index contributed by atoms with van der Waals surface area (Å²) in [6, 6.07) is 17.4. The van der Waals surface area contributed by atoms with E-state index in [0.29, 0.717) is 16.7 Å². The number of benzene rings is 2. The Bertz CT molecular complexity index is 1040. The molecule has 0 fully saturated rings. The summed E-state index contributed by atoms with van der Waals surface area (Å²) < 4.78 is 13.4. The average Bonchev–Trinajstić information content (AvgIpc) is 3.36. The van der Waals surface area contributed by atoms with Crippen LogP contribution in [0.2, 0.25) is 5.02 Å². The van der Waals surface area contributed by atoms with E-state index in [-0.39, 0.29) is 6.10 Å². The number of aryl methyl sites for hydroxylation is 1. The first kappa shape index (κ1) is 17.4. The van der Waals surface area contributed by atoms with E-state index in [1.54, 1.807) is 6.07 Å². The van der Waals surface area contributed by atoms with Crippen LogP contribution >= 0.6 is 11.6 Å². The average molecular weight is 380 g/mol. The normalized spacial score (nSPS) is 12.1. The van der Waals surface area contributed by atoms with E-state index in [9.17, 15) is 0 Å². The van der Waals surface area contributed by atoms with Crippen LogP contribution in [0.25, 0.3) is 17.1 Å². The van der Waals surface area contributed by atoms with Crippen LogP contribution in [-0.4, -0.2) is 14.7 Å². The number of rotatable bonds is 5. The molecule has 4 aromatic rings. The first-order valence-electron chi connectivity index (χ1n) is 8.60. The quantitative estimate of drug-likeness (QED) is 0.451. The second-order valence-electron chi connectivity index (χ2n) is 6.26. The summed E-state index contributed by atoms with van der Waals surface area (Å²) in [5.74, 6) is 1.70. The van der Waals surface area contributed by atoms with Crippen LogP contribution in [0.1, 0.15) is 24.5 Å². The summed E-state index contributed by atoms with van der Waals surface area (Å²) in [5, 5.41) is 4.76. The molecule has 0 saturated heterocycles. The van der Waals surface area contributed by atoms with Crippen molar-refractivity contribution in [1.29, 1.82) is 0 Å². The van der Waals surface area contributed by atoms with Gasteiger partial charge in [-0.1, -0.05) is 16.8 Å².